The summed E-state index contributed by atoms with van der Waals surface area (Å²) in [6.07, 6.45) is 15.0. The average Bonchev–Trinajstić information content (AvgIpc) is 2.79. The molecule has 0 spiro atoms. The molecule has 2 aliphatic rings. The van der Waals surface area contributed by atoms with Crippen LogP contribution in [-0.4, -0.2) is 35.1 Å². The molecule has 116 valence electrons. The van der Waals surface area contributed by atoms with Gasteiger partial charge in [0.05, 0.1) is 0 Å². The van der Waals surface area contributed by atoms with Gasteiger partial charge in [0.1, 0.15) is 0 Å². The zero-order valence-electron chi connectivity index (χ0n) is 13.1. The standard InChI is InChI=1S/C18H29N3/c1-2-4-6-17(5-3-1)20-18-9-13-21(14-10-18)15-16-7-11-19-12-8-16/h7-8,11-12,17-18,20H,1-6,9-10,13-15H2. The third-order valence-corrected chi connectivity index (χ3v) is 5.07. The second-order valence-electron chi connectivity index (χ2n) is 6.76. The van der Waals surface area contributed by atoms with Gasteiger partial charge in [-0.15, -0.1) is 0 Å². The summed E-state index contributed by atoms with van der Waals surface area (Å²) in [6, 6.07) is 5.82. The Balaban J connectivity index is 1.40. The van der Waals surface area contributed by atoms with E-state index in [0.29, 0.717) is 0 Å². The first kappa shape index (κ1) is 15.0. The first-order valence-corrected chi connectivity index (χ1v) is 8.77. The van der Waals surface area contributed by atoms with Gasteiger partial charge in [-0.3, -0.25) is 9.88 Å². The SMILES string of the molecule is c1cc(CN2CCC(NC3CCCCCC3)CC2)ccn1. The number of rotatable bonds is 4. The minimum Gasteiger partial charge on any atom is -0.311 e. The first-order valence-electron chi connectivity index (χ1n) is 8.77. The Kier molecular flexibility index (Phi) is 5.64. The smallest absolute Gasteiger partial charge is 0.0271 e. The van der Waals surface area contributed by atoms with E-state index in [9.17, 15) is 0 Å². The number of piperidine rings is 1. The zero-order chi connectivity index (χ0) is 14.3. The summed E-state index contributed by atoms with van der Waals surface area (Å²) in [5, 5.41) is 3.95. The molecule has 1 aromatic rings. The molecule has 0 radical (unpaired) electrons. The number of nitrogens with one attached hydrogen (secondary N) is 1. The molecule has 1 aromatic heterocycles. The van der Waals surface area contributed by atoms with Crippen LogP contribution >= 0.6 is 0 Å². The second-order valence-corrected chi connectivity index (χ2v) is 6.76. The number of aromatic nitrogens is 1. The molecule has 3 rings (SSSR count). The van der Waals surface area contributed by atoms with Crippen LogP contribution in [-0.2, 0) is 6.54 Å². The van der Waals surface area contributed by atoms with Crippen molar-refractivity contribution in [1.29, 1.82) is 0 Å². The number of hydrogen-bond acceptors (Lipinski definition) is 3. The molecule has 1 aliphatic heterocycles. The average molecular weight is 287 g/mol. The molecular formula is C18H29N3. The third-order valence-electron chi connectivity index (χ3n) is 5.07. The molecule has 1 saturated carbocycles. The fourth-order valence-electron chi connectivity index (χ4n) is 3.78. The van der Waals surface area contributed by atoms with Crippen molar-refractivity contribution in [1.82, 2.24) is 15.2 Å². The van der Waals surface area contributed by atoms with Crippen molar-refractivity contribution < 1.29 is 0 Å². The molecule has 1 N–H and O–H groups in total. The van der Waals surface area contributed by atoms with E-state index < -0.39 is 0 Å². The van der Waals surface area contributed by atoms with E-state index in [1.165, 1.54) is 70.0 Å². The van der Waals surface area contributed by atoms with E-state index in [2.05, 4.69) is 27.3 Å². The number of hydrogen-bond donors (Lipinski definition) is 1. The van der Waals surface area contributed by atoms with Gasteiger partial charge in [-0.05, 0) is 56.5 Å². The van der Waals surface area contributed by atoms with Gasteiger partial charge in [-0.1, -0.05) is 25.7 Å². The van der Waals surface area contributed by atoms with Crippen molar-refractivity contribution >= 4 is 0 Å². The van der Waals surface area contributed by atoms with Gasteiger partial charge in [0.25, 0.3) is 0 Å². The number of nitrogens with zero attached hydrogens (tertiary/aromatic N) is 2. The molecular weight excluding hydrogens is 258 g/mol. The van der Waals surface area contributed by atoms with E-state index in [1.54, 1.807) is 0 Å². The lowest BCUT2D eigenvalue weighted by atomic mass is 10.0. The van der Waals surface area contributed by atoms with Gasteiger partial charge in [-0.25, -0.2) is 0 Å². The maximum Gasteiger partial charge on any atom is 0.0271 e. The molecule has 3 heteroatoms. The molecule has 1 saturated heterocycles. The van der Waals surface area contributed by atoms with Crippen LogP contribution < -0.4 is 5.32 Å². The van der Waals surface area contributed by atoms with Crippen LogP contribution in [0.4, 0.5) is 0 Å². The van der Waals surface area contributed by atoms with Gasteiger partial charge < -0.3 is 5.32 Å². The van der Waals surface area contributed by atoms with E-state index in [4.69, 9.17) is 0 Å². The second kappa shape index (κ2) is 7.90. The van der Waals surface area contributed by atoms with Gasteiger partial charge in [0, 0.05) is 31.0 Å². The summed E-state index contributed by atoms with van der Waals surface area (Å²) in [6.45, 7) is 3.54. The van der Waals surface area contributed by atoms with E-state index in [-0.39, 0.29) is 0 Å². The summed E-state index contributed by atoms with van der Waals surface area (Å²) < 4.78 is 0. The highest BCUT2D eigenvalue weighted by Gasteiger charge is 2.22. The predicted molar refractivity (Wildman–Crippen MR) is 87.2 cm³/mol. The molecule has 1 aliphatic carbocycles. The summed E-state index contributed by atoms with van der Waals surface area (Å²) in [7, 11) is 0. The van der Waals surface area contributed by atoms with Gasteiger partial charge in [-0.2, -0.15) is 0 Å². The molecule has 2 fully saturated rings. The van der Waals surface area contributed by atoms with Gasteiger partial charge in [0.2, 0.25) is 0 Å². The Labute approximate surface area is 129 Å². The Bertz CT molecular complexity index is 390. The van der Waals surface area contributed by atoms with Crippen LogP contribution in [0.25, 0.3) is 0 Å². The fraction of sp³-hybridized carbons (Fsp3) is 0.722. The largest absolute Gasteiger partial charge is 0.311 e. The molecule has 0 aromatic carbocycles. The topological polar surface area (TPSA) is 28.2 Å². The maximum absolute atomic E-state index is 4.09. The summed E-state index contributed by atoms with van der Waals surface area (Å²) in [4.78, 5) is 6.68. The van der Waals surface area contributed by atoms with Gasteiger partial charge in [0.15, 0.2) is 0 Å². The fourth-order valence-corrected chi connectivity index (χ4v) is 3.78. The predicted octanol–water partition coefficient (Wildman–Crippen LogP) is 3.36. The monoisotopic (exact) mass is 287 g/mol. The Hall–Kier alpha value is -0.930. The molecule has 0 unspecified atom stereocenters. The quantitative estimate of drug-likeness (QED) is 0.861. The van der Waals surface area contributed by atoms with Crippen LogP contribution in [0, 0.1) is 0 Å². The molecule has 21 heavy (non-hydrogen) atoms. The third kappa shape index (κ3) is 4.79. The van der Waals surface area contributed by atoms with Crippen LogP contribution in [0.15, 0.2) is 24.5 Å². The molecule has 2 heterocycles. The van der Waals surface area contributed by atoms with E-state index in [0.717, 1.165) is 18.6 Å². The Morgan fingerprint density at radius 3 is 2.19 bits per heavy atom. The van der Waals surface area contributed by atoms with Crippen LogP contribution in [0.5, 0.6) is 0 Å². The van der Waals surface area contributed by atoms with Crippen molar-refractivity contribution in [3.05, 3.63) is 30.1 Å². The minimum atomic E-state index is 0.752. The molecule has 0 bridgehead atoms. The Morgan fingerprint density at radius 1 is 0.905 bits per heavy atom. The lowest BCUT2D eigenvalue weighted by Crippen LogP contribution is -2.45. The van der Waals surface area contributed by atoms with Crippen molar-refractivity contribution in [2.24, 2.45) is 0 Å². The lowest BCUT2D eigenvalue weighted by Gasteiger charge is -2.34. The normalized spacial score (nSPS) is 23.0. The van der Waals surface area contributed by atoms with Gasteiger partial charge >= 0.3 is 0 Å². The minimum absolute atomic E-state index is 0.752. The van der Waals surface area contributed by atoms with Crippen LogP contribution in [0.1, 0.15) is 56.9 Å². The van der Waals surface area contributed by atoms with Crippen molar-refractivity contribution in [3.63, 3.8) is 0 Å². The van der Waals surface area contributed by atoms with Crippen LogP contribution in [0.3, 0.4) is 0 Å². The zero-order valence-corrected chi connectivity index (χ0v) is 13.1. The molecule has 0 atom stereocenters. The van der Waals surface area contributed by atoms with Crippen molar-refractivity contribution in [2.45, 2.75) is 70.0 Å². The van der Waals surface area contributed by atoms with Crippen LogP contribution in [0.2, 0.25) is 0 Å². The highest BCUT2D eigenvalue weighted by Crippen LogP contribution is 2.20. The van der Waals surface area contributed by atoms with E-state index >= 15 is 0 Å². The summed E-state index contributed by atoms with van der Waals surface area (Å²) in [5.41, 5.74) is 1.39. The summed E-state index contributed by atoms with van der Waals surface area (Å²) in [5.74, 6) is 0. The number of likely N-dealkylation sites (tertiary alicyclic amines) is 1. The highest BCUT2D eigenvalue weighted by atomic mass is 15.1. The summed E-state index contributed by atoms with van der Waals surface area (Å²) >= 11 is 0. The van der Waals surface area contributed by atoms with Crippen molar-refractivity contribution in [2.75, 3.05) is 13.1 Å². The first-order chi connectivity index (χ1) is 10.4. The number of pyridine rings is 1. The highest BCUT2D eigenvalue weighted by molar-refractivity contribution is 5.09. The maximum atomic E-state index is 4.09. The Morgan fingerprint density at radius 2 is 1.52 bits per heavy atom. The lowest BCUT2D eigenvalue weighted by molar-refractivity contribution is 0.181. The van der Waals surface area contributed by atoms with E-state index in [1.807, 2.05) is 12.4 Å². The van der Waals surface area contributed by atoms with Crippen molar-refractivity contribution in [3.8, 4) is 0 Å². The molecule has 0 amide bonds. The molecule has 3 nitrogen and oxygen atoms in total.